The highest BCUT2D eigenvalue weighted by Crippen LogP contribution is 2.41. The van der Waals surface area contributed by atoms with Crippen molar-refractivity contribution < 1.29 is 19.1 Å². The van der Waals surface area contributed by atoms with Gasteiger partial charge in [-0.05, 0) is 30.3 Å². The number of amides is 1. The molecule has 1 atom stereocenters. The first-order valence-electron chi connectivity index (χ1n) is 8.92. The SMILES string of the molecule is COc1ccc(OC)c(C(=O)C2CC(=O)Nc3n[nH]c(-c4ccc(Cl)cc4)c32)c1. The van der Waals surface area contributed by atoms with Gasteiger partial charge in [-0.15, -0.1) is 0 Å². The van der Waals surface area contributed by atoms with Gasteiger partial charge in [0, 0.05) is 22.6 Å². The number of methoxy groups -OCH3 is 2. The number of fused-ring (bicyclic) bond motifs is 1. The van der Waals surface area contributed by atoms with Crippen LogP contribution in [0.1, 0.15) is 28.3 Å². The lowest BCUT2D eigenvalue weighted by molar-refractivity contribution is -0.116. The minimum atomic E-state index is -0.718. The van der Waals surface area contributed by atoms with E-state index < -0.39 is 5.92 Å². The van der Waals surface area contributed by atoms with Crippen molar-refractivity contribution in [1.29, 1.82) is 0 Å². The van der Waals surface area contributed by atoms with E-state index in [1.807, 2.05) is 12.1 Å². The molecular formula is C21H18ClN3O4. The van der Waals surface area contributed by atoms with E-state index in [2.05, 4.69) is 15.5 Å². The molecule has 0 aliphatic carbocycles. The van der Waals surface area contributed by atoms with E-state index in [-0.39, 0.29) is 18.1 Å². The molecule has 1 aliphatic heterocycles. The highest BCUT2D eigenvalue weighted by atomic mass is 35.5. The Morgan fingerprint density at radius 2 is 1.90 bits per heavy atom. The van der Waals surface area contributed by atoms with Crippen molar-refractivity contribution in [3.8, 4) is 22.8 Å². The molecule has 1 unspecified atom stereocenters. The van der Waals surface area contributed by atoms with Gasteiger partial charge in [0.1, 0.15) is 11.5 Å². The molecule has 148 valence electrons. The second-order valence-corrected chi connectivity index (χ2v) is 7.04. The predicted molar refractivity (Wildman–Crippen MR) is 109 cm³/mol. The molecule has 2 N–H and O–H groups in total. The van der Waals surface area contributed by atoms with Crippen molar-refractivity contribution in [2.45, 2.75) is 12.3 Å². The number of hydrogen-bond acceptors (Lipinski definition) is 5. The van der Waals surface area contributed by atoms with Gasteiger partial charge < -0.3 is 14.8 Å². The van der Waals surface area contributed by atoms with E-state index in [0.717, 1.165) is 5.56 Å². The Balaban J connectivity index is 1.83. The summed E-state index contributed by atoms with van der Waals surface area (Å²) in [6, 6.07) is 12.2. The van der Waals surface area contributed by atoms with E-state index in [1.54, 1.807) is 30.3 Å². The maximum atomic E-state index is 13.5. The number of nitrogens with one attached hydrogen (secondary N) is 2. The van der Waals surface area contributed by atoms with Crippen LogP contribution in [0.25, 0.3) is 11.3 Å². The average Bonchev–Trinajstić information content (AvgIpc) is 3.16. The summed E-state index contributed by atoms with van der Waals surface area (Å²) in [5.74, 6) is 0.0653. The molecule has 0 fully saturated rings. The summed E-state index contributed by atoms with van der Waals surface area (Å²) in [4.78, 5) is 25.8. The van der Waals surface area contributed by atoms with Crippen molar-refractivity contribution in [1.82, 2.24) is 10.2 Å². The Bertz CT molecular complexity index is 1090. The highest BCUT2D eigenvalue weighted by Gasteiger charge is 2.37. The van der Waals surface area contributed by atoms with E-state index >= 15 is 0 Å². The number of carbonyl (C=O) groups excluding carboxylic acids is 2. The van der Waals surface area contributed by atoms with Gasteiger partial charge in [-0.25, -0.2) is 0 Å². The molecule has 4 rings (SSSR count). The van der Waals surface area contributed by atoms with Crippen LogP contribution in [0, 0.1) is 0 Å². The standard InChI is InChI=1S/C21H18ClN3O4/c1-28-13-7-8-16(29-2)14(9-13)20(27)15-10-17(26)23-21-18(15)19(24-25-21)11-3-5-12(22)6-4-11/h3-9,15H,10H2,1-2H3,(H2,23,24,25,26). The van der Waals surface area contributed by atoms with Gasteiger partial charge in [0.05, 0.1) is 31.4 Å². The van der Waals surface area contributed by atoms with Crippen molar-refractivity contribution in [2.75, 3.05) is 19.5 Å². The van der Waals surface area contributed by atoms with Crippen molar-refractivity contribution >= 4 is 29.1 Å². The average molecular weight is 412 g/mol. The first-order chi connectivity index (χ1) is 14.0. The zero-order valence-electron chi connectivity index (χ0n) is 15.8. The molecule has 29 heavy (non-hydrogen) atoms. The normalized spacial score (nSPS) is 15.4. The molecule has 2 heterocycles. The minimum absolute atomic E-state index is 0.00627. The molecule has 0 bridgehead atoms. The van der Waals surface area contributed by atoms with E-state index in [1.165, 1.54) is 14.2 Å². The van der Waals surface area contributed by atoms with Crippen LogP contribution < -0.4 is 14.8 Å². The molecule has 0 saturated heterocycles. The van der Waals surface area contributed by atoms with Crippen LogP contribution in [0.5, 0.6) is 11.5 Å². The number of aromatic amines is 1. The lowest BCUT2D eigenvalue weighted by Gasteiger charge is -2.23. The summed E-state index contributed by atoms with van der Waals surface area (Å²) >= 11 is 5.99. The maximum absolute atomic E-state index is 13.5. The predicted octanol–water partition coefficient (Wildman–Crippen LogP) is 4.06. The number of benzene rings is 2. The summed E-state index contributed by atoms with van der Waals surface area (Å²) in [6.07, 6.45) is 0.00627. The van der Waals surface area contributed by atoms with E-state index in [4.69, 9.17) is 21.1 Å². The Hall–Kier alpha value is -3.32. The molecule has 0 saturated carbocycles. The van der Waals surface area contributed by atoms with Gasteiger partial charge >= 0.3 is 0 Å². The summed E-state index contributed by atoms with van der Waals surface area (Å²) in [5.41, 5.74) is 2.47. The lowest BCUT2D eigenvalue weighted by Crippen LogP contribution is -2.27. The van der Waals surface area contributed by atoms with Crippen LogP contribution in [-0.4, -0.2) is 36.1 Å². The largest absolute Gasteiger partial charge is 0.497 e. The van der Waals surface area contributed by atoms with Crippen LogP contribution in [0.15, 0.2) is 42.5 Å². The molecule has 3 aromatic rings. The number of nitrogens with zero attached hydrogens (tertiary/aromatic N) is 1. The van der Waals surface area contributed by atoms with Gasteiger partial charge in [0.25, 0.3) is 0 Å². The van der Waals surface area contributed by atoms with Crippen LogP contribution in [-0.2, 0) is 4.79 Å². The fourth-order valence-electron chi connectivity index (χ4n) is 3.51. The minimum Gasteiger partial charge on any atom is -0.497 e. The summed E-state index contributed by atoms with van der Waals surface area (Å²) in [6.45, 7) is 0. The smallest absolute Gasteiger partial charge is 0.226 e. The second-order valence-electron chi connectivity index (χ2n) is 6.60. The zero-order valence-corrected chi connectivity index (χ0v) is 16.5. The summed E-state index contributed by atoms with van der Waals surface area (Å²) < 4.78 is 10.6. The molecule has 0 spiro atoms. The Labute approximate surface area is 172 Å². The van der Waals surface area contributed by atoms with Crippen molar-refractivity contribution in [2.24, 2.45) is 0 Å². The molecule has 1 aromatic heterocycles. The van der Waals surface area contributed by atoms with Crippen LogP contribution in [0.2, 0.25) is 5.02 Å². The van der Waals surface area contributed by atoms with Crippen molar-refractivity contribution in [3.05, 3.63) is 58.6 Å². The Morgan fingerprint density at radius 1 is 1.14 bits per heavy atom. The molecule has 1 aliphatic rings. The highest BCUT2D eigenvalue weighted by molar-refractivity contribution is 6.30. The number of aromatic nitrogens is 2. The van der Waals surface area contributed by atoms with Crippen LogP contribution >= 0.6 is 11.6 Å². The summed E-state index contributed by atoms with van der Waals surface area (Å²) in [5, 5.41) is 10.5. The third kappa shape index (κ3) is 3.45. The molecule has 1 amide bonds. The number of rotatable bonds is 5. The molecule has 8 heteroatoms. The number of H-pyrrole nitrogens is 1. The second kappa shape index (κ2) is 7.60. The number of ketones is 1. The Morgan fingerprint density at radius 3 is 2.59 bits per heavy atom. The number of anilines is 1. The topological polar surface area (TPSA) is 93.3 Å². The third-order valence-corrected chi connectivity index (χ3v) is 5.17. The lowest BCUT2D eigenvalue weighted by atomic mass is 9.84. The fraction of sp³-hybridized carbons (Fsp3) is 0.190. The molecular weight excluding hydrogens is 394 g/mol. The molecule has 2 aromatic carbocycles. The number of halogens is 1. The van der Waals surface area contributed by atoms with Gasteiger partial charge in [0.2, 0.25) is 5.91 Å². The van der Waals surface area contributed by atoms with Gasteiger partial charge in [0.15, 0.2) is 11.6 Å². The van der Waals surface area contributed by atoms with E-state index in [9.17, 15) is 9.59 Å². The summed E-state index contributed by atoms with van der Waals surface area (Å²) in [7, 11) is 3.02. The third-order valence-electron chi connectivity index (χ3n) is 4.92. The number of hydrogen-bond donors (Lipinski definition) is 2. The first kappa shape index (κ1) is 19.0. The number of Topliss-reactive ketones (excluding diaryl/α,β-unsaturated/α-hetero) is 1. The maximum Gasteiger partial charge on any atom is 0.226 e. The van der Waals surface area contributed by atoms with Crippen molar-refractivity contribution in [3.63, 3.8) is 0 Å². The molecule has 7 nitrogen and oxygen atoms in total. The monoisotopic (exact) mass is 411 g/mol. The first-order valence-corrected chi connectivity index (χ1v) is 9.30. The van der Waals surface area contributed by atoms with Gasteiger partial charge in [-0.2, -0.15) is 5.10 Å². The molecule has 0 radical (unpaired) electrons. The van der Waals surface area contributed by atoms with Crippen LogP contribution in [0.4, 0.5) is 5.82 Å². The quantitative estimate of drug-likeness (QED) is 0.617. The zero-order chi connectivity index (χ0) is 20.5. The Kier molecular flexibility index (Phi) is 4.98. The van der Waals surface area contributed by atoms with Gasteiger partial charge in [-0.3, -0.25) is 14.7 Å². The fourth-order valence-corrected chi connectivity index (χ4v) is 3.64. The van der Waals surface area contributed by atoms with Crippen LogP contribution in [0.3, 0.4) is 0 Å². The van der Waals surface area contributed by atoms with Gasteiger partial charge in [-0.1, -0.05) is 23.7 Å². The number of ether oxygens (including phenoxy) is 2. The number of carbonyl (C=O) groups is 2. The van der Waals surface area contributed by atoms with E-state index in [0.29, 0.717) is 39.2 Å².